The van der Waals surface area contributed by atoms with E-state index in [9.17, 15) is 4.39 Å². The third kappa shape index (κ3) is 2.15. The van der Waals surface area contributed by atoms with Crippen molar-refractivity contribution < 1.29 is 4.39 Å². The maximum absolute atomic E-state index is 13.1. The Kier molecular flexibility index (Phi) is 3.30. The summed E-state index contributed by atoms with van der Waals surface area (Å²) >= 11 is 2.16. The number of halogens is 2. The lowest BCUT2D eigenvalue weighted by molar-refractivity contribution is 0.333. The molecule has 1 unspecified atom stereocenters. The molecule has 1 rings (SSSR count). The minimum Gasteiger partial charge on any atom is -0.242 e. The summed E-state index contributed by atoms with van der Waals surface area (Å²) in [6.45, 7) is 1.85. The van der Waals surface area contributed by atoms with E-state index >= 15 is 0 Å². The van der Waals surface area contributed by atoms with Crippen LogP contribution in [0.3, 0.4) is 0 Å². The van der Waals surface area contributed by atoms with Gasteiger partial charge in [-0.05, 0) is 40.6 Å². The van der Waals surface area contributed by atoms with Crippen molar-refractivity contribution in [3.8, 4) is 0 Å². The zero-order valence-electron chi connectivity index (χ0n) is 6.35. The molecule has 0 aromatic heterocycles. The summed E-state index contributed by atoms with van der Waals surface area (Å²) in [5, 5.41) is 0. The van der Waals surface area contributed by atoms with Crippen molar-refractivity contribution in [3.63, 3.8) is 0 Å². The van der Waals surface area contributed by atoms with Gasteiger partial charge in [0.2, 0.25) is 0 Å². The van der Waals surface area contributed by atoms with Crippen molar-refractivity contribution in [1.29, 1.82) is 0 Å². The van der Waals surface area contributed by atoms with Gasteiger partial charge in [-0.3, -0.25) is 0 Å². The molecule has 0 amide bonds. The van der Waals surface area contributed by atoms with Crippen molar-refractivity contribution in [2.24, 2.45) is 0 Å². The Balaban J connectivity index is 2.93. The molecular formula is C9H10FI. The van der Waals surface area contributed by atoms with Crippen LogP contribution in [0.25, 0.3) is 0 Å². The highest BCUT2D eigenvalue weighted by molar-refractivity contribution is 14.1. The molecule has 1 atom stereocenters. The van der Waals surface area contributed by atoms with Gasteiger partial charge in [-0.25, -0.2) is 4.39 Å². The van der Waals surface area contributed by atoms with Crippen LogP contribution in [0.5, 0.6) is 0 Å². The van der Waals surface area contributed by atoms with Crippen LogP contribution < -0.4 is 0 Å². The Morgan fingerprint density at radius 3 is 2.64 bits per heavy atom. The molecule has 0 aliphatic heterocycles. The second-order valence-corrected chi connectivity index (χ2v) is 3.56. The predicted octanol–water partition coefficient (Wildman–Crippen LogP) is 3.71. The standard InChI is InChI=1S/C9H10FI/c1-2-8(10)7-5-3-4-6-9(7)11/h3-6,8H,2H2,1H3. The first-order chi connectivity index (χ1) is 5.25. The van der Waals surface area contributed by atoms with E-state index in [1.165, 1.54) is 0 Å². The molecule has 2 heteroatoms. The summed E-state index contributed by atoms with van der Waals surface area (Å²) in [6.07, 6.45) is -0.247. The summed E-state index contributed by atoms with van der Waals surface area (Å²) in [5.41, 5.74) is 0.815. The molecule has 0 fully saturated rings. The molecule has 0 spiro atoms. The molecule has 0 N–H and O–H groups in total. The van der Waals surface area contributed by atoms with Crippen LogP contribution in [0, 0.1) is 3.57 Å². The van der Waals surface area contributed by atoms with E-state index in [0.29, 0.717) is 6.42 Å². The molecule has 0 aliphatic carbocycles. The molecule has 1 aromatic carbocycles. The monoisotopic (exact) mass is 264 g/mol. The van der Waals surface area contributed by atoms with Crippen LogP contribution in [-0.2, 0) is 0 Å². The lowest BCUT2D eigenvalue weighted by Gasteiger charge is -2.06. The van der Waals surface area contributed by atoms with Gasteiger partial charge in [-0.1, -0.05) is 25.1 Å². The lowest BCUT2D eigenvalue weighted by atomic mass is 10.1. The van der Waals surface area contributed by atoms with E-state index in [0.717, 1.165) is 9.13 Å². The highest BCUT2D eigenvalue weighted by atomic mass is 127. The average molecular weight is 264 g/mol. The zero-order chi connectivity index (χ0) is 8.27. The quantitative estimate of drug-likeness (QED) is 0.714. The third-order valence-electron chi connectivity index (χ3n) is 1.60. The van der Waals surface area contributed by atoms with E-state index in [1.807, 2.05) is 31.2 Å². The van der Waals surface area contributed by atoms with E-state index in [2.05, 4.69) is 22.6 Å². The highest BCUT2D eigenvalue weighted by Gasteiger charge is 2.08. The van der Waals surface area contributed by atoms with E-state index < -0.39 is 6.17 Å². The van der Waals surface area contributed by atoms with Gasteiger partial charge in [0.15, 0.2) is 0 Å². The summed E-state index contributed by atoms with van der Waals surface area (Å²) in [4.78, 5) is 0. The fraction of sp³-hybridized carbons (Fsp3) is 0.333. The van der Waals surface area contributed by atoms with E-state index in [1.54, 1.807) is 0 Å². The largest absolute Gasteiger partial charge is 0.242 e. The maximum Gasteiger partial charge on any atom is 0.126 e. The van der Waals surface area contributed by atoms with Crippen LogP contribution in [-0.4, -0.2) is 0 Å². The first-order valence-corrected chi connectivity index (χ1v) is 4.72. The Hall–Kier alpha value is -0.120. The summed E-state index contributed by atoms with van der Waals surface area (Å²) in [6, 6.07) is 7.57. The van der Waals surface area contributed by atoms with E-state index in [-0.39, 0.29) is 0 Å². The molecule has 0 radical (unpaired) electrons. The summed E-state index contributed by atoms with van der Waals surface area (Å²) in [5.74, 6) is 0. The van der Waals surface area contributed by atoms with Gasteiger partial charge in [0.25, 0.3) is 0 Å². The van der Waals surface area contributed by atoms with Crippen LogP contribution in [0.1, 0.15) is 25.1 Å². The van der Waals surface area contributed by atoms with Gasteiger partial charge in [0.05, 0.1) is 0 Å². The number of benzene rings is 1. The number of hydrogen-bond acceptors (Lipinski definition) is 0. The zero-order valence-corrected chi connectivity index (χ0v) is 8.51. The van der Waals surface area contributed by atoms with Gasteiger partial charge in [-0.15, -0.1) is 0 Å². The Morgan fingerprint density at radius 2 is 2.09 bits per heavy atom. The molecule has 0 saturated carbocycles. The Morgan fingerprint density at radius 1 is 1.45 bits per heavy atom. The molecular weight excluding hydrogens is 254 g/mol. The van der Waals surface area contributed by atoms with E-state index in [4.69, 9.17) is 0 Å². The van der Waals surface area contributed by atoms with Crippen molar-refractivity contribution in [2.45, 2.75) is 19.5 Å². The first kappa shape index (κ1) is 8.97. The second-order valence-electron chi connectivity index (χ2n) is 2.40. The van der Waals surface area contributed by atoms with Gasteiger partial charge < -0.3 is 0 Å². The molecule has 11 heavy (non-hydrogen) atoms. The van der Waals surface area contributed by atoms with Crippen LogP contribution in [0.15, 0.2) is 24.3 Å². The van der Waals surface area contributed by atoms with Crippen molar-refractivity contribution in [1.82, 2.24) is 0 Å². The van der Waals surface area contributed by atoms with Gasteiger partial charge in [0, 0.05) is 3.57 Å². The Labute approximate surface area is 80.0 Å². The third-order valence-corrected chi connectivity index (χ3v) is 2.58. The molecule has 0 nitrogen and oxygen atoms in total. The Bertz CT molecular complexity index is 235. The minimum absolute atomic E-state index is 0.556. The molecule has 1 aromatic rings. The smallest absolute Gasteiger partial charge is 0.126 e. The second kappa shape index (κ2) is 4.04. The number of alkyl halides is 1. The van der Waals surface area contributed by atoms with Crippen molar-refractivity contribution in [3.05, 3.63) is 33.4 Å². The van der Waals surface area contributed by atoms with Crippen LogP contribution in [0.2, 0.25) is 0 Å². The normalized spacial score (nSPS) is 13.0. The molecule has 0 aliphatic rings. The number of rotatable bonds is 2. The fourth-order valence-corrected chi connectivity index (χ4v) is 1.67. The van der Waals surface area contributed by atoms with Crippen molar-refractivity contribution >= 4 is 22.6 Å². The number of hydrogen-bond donors (Lipinski definition) is 0. The molecule has 0 saturated heterocycles. The molecule has 0 bridgehead atoms. The highest BCUT2D eigenvalue weighted by Crippen LogP contribution is 2.24. The van der Waals surface area contributed by atoms with Crippen LogP contribution >= 0.6 is 22.6 Å². The average Bonchev–Trinajstić information content (AvgIpc) is 2.04. The predicted molar refractivity (Wildman–Crippen MR) is 53.3 cm³/mol. The van der Waals surface area contributed by atoms with Gasteiger partial charge in [0.1, 0.15) is 6.17 Å². The minimum atomic E-state index is -0.803. The maximum atomic E-state index is 13.1. The van der Waals surface area contributed by atoms with Crippen molar-refractivity contribution in [2.75, 3.05) is 0 Å². The lowest BCUT2D eigenvalue weighted by Crippen LogP contribution is -1.91. The van der Waals surface area contributed by atoms with Gasteiger partial charge >= 0.3 is 0 Å². The van der Waals surface area contributed by atoms with Crippen LogP contribution in [0.4, 0.5) is 4.39 Å². The van der Waals surface area contributed by atoms with Gasteiger partial charge in [-0.2, -0.15) is 0 Å². The summed E-state index contributed by atoms with van der Waals surface area (Å²) < 4.78 is 14.1. The topological polar surface area (TPSA) is 0 Å². The first-order valence-electron chi connectivity index (χ1n) is 3.64. The summed E-state index contributed by atoms with van der Waals surface area (Å²) in [7, 11) is 0. The fourth-order valence-electron chi connectivity index (χ4n) is 0.949. The molecule has 60 valence electrons. The SMILES string of the molecule is CCC(F)c1ccccc1I. The molecule has 0 heterocycles.